The fraction of sp³-hybridized carbons (Fsp3) is 0.0417. The first-order valence-electron chi connectivity index (χ1n) is 9.07. The quantitative estimate of drug-likeness (QED) is 0.290. The number of fused-ring (bicyclic) bond motifs is 1. The Bertz CT molecular complexity index is 1090. The normalized spacial score (nSPS) is 13.1. The van der Waals surface area contributed by atoms with E-state index in [9.17, 15) is 14.4 Å². The lowest BCUT2D eigenvalue weighted by Gasteiger charge is -2.14. The maximum absolute atomic E-state index is 12.5. The largest absolute Gasteiger partial charge is 0.423 e. The molecule has 0 atom stereocenters. The molecule has 3 aromatic rings. The van der Waals surface area contributed by atoms with Gasteiger partial charge in [0.1, 0.15) is 5.75 Å². The topological polar surface area (TPSA) is 63.7 Å². The Morgan fingerprint density at radius 1 is 0.828 bits per heavy atom. The fourth-order valence-corrected chi connectivity index (χ4v) is 3.08. The number of carbonyl (C=O) groups is 3. The van der Waals surface area contributed by atoms with Gasteiger partial charge in [-0.15, -0.1) is 0 Å². The van der Waals surface area contributed by atoms with Gasteiger partial charge in [0.2, 0.25) is 0 Å². The Labute approximate surface area is 167 Å². The molecule has 0 saturated carbocycles. The highest BCUT2D eigenvalue weighted by atomic mass is 16.5. The summed E-state index contributed by atoms with van der Waals surface area (Å²) in [7, 11) is 0. The van der Waals surface area contributed by atoms with E-state index < -0.39 is 5.97 Å². The molecule has 0 aromatic heterocycles. The Morgan fingerprint density at radius 3 is 2.00 bits per heavy atom. The molecule has 3 aromatic carbocycles. The number of benzene rings is 3. The second-order valence-corrected chi connectivity index (χ2v) is 6.65. The molecule has 1 aliphatic heterocycles. The number of nitrogens with zero attached hydrogens (tertiary/aromatic N) is 1. The number of aryl methyl sites for hydroxylation is 1. The van der Waals surface area contributed by atoms with Crippen LogP contribution in [0, 0.1) is 6.92 Å². The molecule has 0 radical (unpaired) electrons. The number of carbonyl (C=O) groups excluding carboxylic acids is 3. The Hall–Kier alpha value is -3.99. The van der Waals surface area contributed by atoms with Crippen LogP contribution in [-0.4, -0.2) is 17.8 Å². The van der Waals surface area contributed by atoms with Gasteiger partial charge in [0, 0.05) is 6.08 Å². The predicted molar refractivity (Wildman–Crippen MR) is 110 cm³/mol. The minimum absolute atomic E-state index is 0.323. The molecular weight excluding hydrogens is 366 g/mol. The van der Waals surface area contributed by atoms with Crippen LogP contribution >= 0.6 is 0 Å². The van der Waals surface area contributed by atoms with Crippen LogP contribution in [0.5, 0.6) is 5.75 Å². The number of hydrogen-bond donors (Lipinski definition) is 0. The SMILES string of the molecule is Cc1ccc(/C=C/C(=O)Oc2ccc(N3C(=O)c4ccccc4C3=O)cc2)cc1. The monoisotopic (exact) mass is 383 g/mol. The maximum Gasteiger partial charge on any atom is 0.336 e. The highest BCUT2D eigenvalue weighted by molar-refractivity contribution is 6.34. The van der Waals surface area contributed by atoms with Crippen molar-refractivity contribution in [1.29, 1.82) is 0 Å². The smallest absolute Gasteiger partial charge is 0.336 e. The number of amides is 2. The van der Waals surface area contributed by atoms with Gasteiger partial charge in [0.05, 0.1) is 16.8 Å². The second kappa shape index (κ2) is 7.56. The molecule has 5 heteroatoms. The second-order valence-electron chi connectivity index (χ2n) is 6.65. The first-order valence-corrected chi connectivity index (χ1v) is 9.07. The molecule has 0 aliphatic carbocycles. The van der Waals surface area contributed by atoms with Gasteiger partial charge in [0.25, 0.3) is 11.8 Å². The van der Waals surface area contributed by atoms with E-state index in [0.29, 0.717) is 22.6 Å². The lowest BCUT2D eigenvalue weighted by Crippen LogP contribution is -2.29. The van der Waals surface area contributed by atoms with Gasteiger partial charge >= 0.3 is 5.97 Å². The molecule has 0 fully saturated rings. The van der Waals surface area contributed by atoms with Crippen LogP contribution in [0.15, 0.2) is 78.9 Å². The first-order chi connectivity index (χ1) is 14.0. The van der Waals surface area contributed by atoms with E-state index in [2.05, 4.69) is 0 Å². The van der Waals surface area contributed by atoms with E-state index in [1.54, 1.807) is 54.6 Å². The van der Waals surface area contributed by atoms with Crippen molar-refractivity contribution in [3.05, 3.63) is 101 Å². The van der Waals surface area contributed by atoms with Gasteiger partial charge in [-0.25, -0.2) is 9.69 Å². The third kappa shape index (κ3) is 3.71. The Kier molecular flexibility index (Phi) is 4.79. The van der Waals surface area contributed by atoms with E-state index in [1.807, 2.05) is 31.2 Å². The van der Waals surface area contributed by atoms with Crippen LogP contribution in [0.25, 0.3) is 6.08 Å². The molecule has 0 unspecified atom stereocenters. The minimum atomic E-state index is -0.515. The minimum Gasteiger partial charge on any atom is -0.423 e. The zero-order valence-electron chi connectivity index (χ0n) is 15.7. The standard InChI is InChI=1S/C24H17NO4/c1-16-6-8-17(9-7-16)10-15-22(26)29-19-13-11-18(12-14-19)25-23(27)20-4-2-3-5-21(20)24(25)28/h2-15H,1H3/b15-10+. The van der Waals surface area contributed by atoms with Crippen LogP contribution < -0.4 is 9.64 Å². The van der Waals surface area contributed by atoms with E-state index in [-0.39, 0.29) is 11.8 Å². The van der Waals surface area contributed by atoms with Crippen LogP contribution in [-0.2, 0) is 4.79 Å². The molecular formula is C24H17NO4. The zero-order chi connectivity index (χ0) is 20.4. The Balaban J connectivity index is 1.45. The summed E-state index contributed by atoms with van der Waals surface area (Å²) >= 11 is 0. The van der Waals surface area contributed by atoms with Gasteiger partial charge in [-0.05, 0) is 55.0 Å². The van der Waals surface area contributed by atoms with Crippen molar-refractivity contribution >= 4 is 29.5 Å². The molecule has 0 bridgehead atoms. The van der Waals surface area contributed by atoms with Crippen molar-refractivity contribution in [2.45, 2.75) is 6.92 Å². The van der Waals surface area contributed by atoms with Gasteiger partial charge in [0.15, 0.2) is 0 Å². The predicted octanol–water partition coefficient (Wildman–Crippen LogP) is 4.41. The molecule has 0 N–H and O–H groups in total. The lowest BCUT2D eigenvalue weighted by molar-refractivity contribution is -0.128. The summed E-state index contributed by atoms with van der Waals surface area (Å²) in [5.41, 5.74) is 3.23. The van der Waals surface area contributed by atoms with Gasteiger partial charge in [-0.3, -0.25) is 9.59 Å². The number of esters is 1. The molecule has 29 heavy (non-hydrogen) atoms. The van der Waals surface area contributed by atoms with E-state index in [1.165, 1.54) is 6.08 Å². The van der Waals surface area contributed by atoms with Gasteiger partial charge < -0.3 is 4.74 Å². The summed E-state index contributed by atoms with van der Waals surface area (Å²) in [5, 5.41) is 0. The molecule has 142 valence electrons. The molecule has 1 aliphatic rings. The number of hydrogen-bond acceptors (Lipinski definition) is 4. The van der Waals surface area contributed by atoms with Gasteiger partial charge in [-0.1, -0.05) is 42.0 Å². The molecule has 1 heterocycles. The van der Waals surface area contributed by atoms with Crippen molar-refractivity contribution in [3.63, 3.8) is 0 Å². The Morgan fingerprint density at radius 2 is 1.41 bits per heavy atom. The van der Waals surface area contributed by atoms with E-state index in [4.69, 9.17) is 4.74 Å². The molecule has 4 rings (SSSR count). The van der Waals surface area contributed by atoms with Crippen LogP contribution in [0.3, 0.4) is 0 Å². The highest BCUT2D eigenvalue weighted by Gasteiger charge is 2.36. The number of rotatable bonds is 4. The number of ether oxygens (including phenoxy) is 1. The molecule has 0 spiro atoms. The summed E-state index contributed by atoms with van der Waals surface area (Å²) in [4.78, 5) is 38.2. The fourth-order valence-electron chi connectivity index (χ4n) is 3.08. The highest BCUT2D eigenvalue weighted by Crippen LogP contribution is 2.29. The third-order valence-corrected chi connectivity index (χ3v) is 4.60. The summed E-state index contributed by atoms with van der Waals surface area (Å²) in [6.45, 7) is 1.99. The average Bonchev–Trinajstić information content (AvgIpc) is 2.99. The summed E-state index contributed by atoms with van der Waals surface area (Å²) < 4.78 is 5.28. The molecule has 5 nitrogen and oxygen atoms in total. The summed E-state index contributed by atoms with van der Waals surface area (Å²) in [5.74, 6) is -0.921. The van der Waals surface area contributed by atoms with Crippen molar-refractivity contribution in [2.75, 3.05) is 4.90 Å². The van der Waals surface area contributed by atoms with E-state index >= 15 is 0 Å². The van der Waals surface area contributed by atoms with Gasteiger partial charge in [-0.2, -0.15) is 0 Å². The maximum atomic E-state index is 12.5. The van der Waals surface area contributed by atoms with Crippen LogP contribution in [0.2, 0.25) is 0 Å². The van der Waals surface area contributed by atoms with Crippen LogP contribution in [0.4, 0.5) is 5.69 Å². The molecule has 0 saturated heterocycles. The first kappa shape index (κ1) is 18.4. The van der Waals surface area contributed by atoms with Crippen molar-refractivity contribution in [2.24, 2.45) is 0 Å². The zero-order valence-corrected chi connectivity index (χ0v) is 15.7. The molecule has 2 amide bonds. The lowest BCUT2D eigenvalue weighted by atomic mass is 10.1. The van der Waals surface area contributed by atoms with Crippen molar-refractivity contribution in [3.8, 4) is 5.75 Å². The van der Waals surface area contributed by atoms with Crippen molar-refractivity contribution in [1.82, 2.24) is 0 Å². The third-order valence-electron chi connectivity index (χ3n) is 4.60. The summed E-state index contributed by atoms with van der Waals surface area (Å²) in [6.07, 6.45) is 3.03. The van der Waals surface area contributed by atoms with E-state index in [0.717, 1.165) is 16.0 Å². The van der Waals surface area contributed by atoms with Crippen LogP contribution in [0.1, 0.15) is 31.8 Å². The number of imide groups is 1. The number of anilines is 1. The van der Waals surface area contributed by atoms with Crippen molar-refractivity contribution < 1.29 is 19.1 Å². The average molecular weight is 383 g/mol. The summed E-state index contributed by atoms with van der Waals surface area (Å²) in [6, 6.07) is 20.7.